The number of anilines is 1. The Balaban J connectivity index is 1.68. The van der Waals surface area contributed by atoms with Crippen LogP contribution in [0.1, 0.15) is 50.8 Å². The monoisotopic (exact) mass is 543 g/mol. The molecule has 3 aromatic carbocycles. The molecule has 1 heterocycles. The van der Waals surface area contributed by atoms with E-state index in [-0.39, 0.29) is 24.4 Å². The second-order valence-corrected chi connectivity index (χ2v) is 11.9. The molecule has 5 rings (SSSR count). The molecule has 0 spiro atoms. The molecular formula is C32H30ClNO5. The van der Waals surface area contributed by atoms with Crippen LogP contribution in [0.25, 0.3) is 0 Å². The summed E-state index contributed by atoms with van der Waals surface area (Å²) in [5.41, 5.74) is -1.54. The van der Waals surface area contributed by atoms with Gasteiger partial charge in [0.25, 0.3) is 5.91 Å². The first-order chi connectivity index (χ1) is 18.4. The number of para-hydroxylation sites is 1. The number of ketones is 2. The molecule has 7 heteroatoms. The number of halogens is 1. The van der Waals surface area contributed by atoms with Gasteiger partial charge in [0.2, 0.25) is 0 Å². The van der Waals surface area contributed by atoms with Gasteiger partial charge in [-0.15, -0.1) is 0 Å². The van der Waals surface area contributed by atoms with Crippen LogP contribution < -0.4 is 4.90 Å². The van der Waals surface area contributed by atoms with E-state index < -0.39 is 34.3 Å². The number of benzene rings is 3. The third-order valence-electron chi connectivity index (χ3n) is 7.77. The Bertz CT molecular complexity index is 1480. The fourth-order valence-corrected chi connectivity index (χ4v) is 6.11. The van der Waals surface area contributed by atoms with Gasteiger partial charge in [0.05, 0.1) is 11.1 Å². The average molecular weight is 544 g/mol. The minimum absolute atomic E-state index is 0.125. The maximum absolute atomic E-state index is 14.6. The summed E-state index contributed by atoms with van der Waals surface area (Å²) in [6.45, 7) is 6.83. The van der Waals surface area contributed by atoms with Gasteiger partial charge < -0.3 is 4.74 Å². The van der Waals surface area contributed by atoms with Gasteiger partial charge in [0.1, 0.15) is 16.8 Å². The number of imide groups is 1. The van der Waals surface area contributed by atoms with E-state index in [1.165, 1.54) is 0 Å². The summed E-state index contributed by atoms with van der Waals surface area (Å²) in [6, 6.07) is 22.9. The molecule has 0 N–H and O–H groups in total. The summed E-state index contributed by atoms with van der Waals surface area (Å²) in [6.07, 6.45) is -0.757. The first-order valence-corrected chi connectivity index (χ1v) is 13.3. The molecule has 2 amide bonds. The van der Waals surface area contributed by atoms with Crippen LogP contribution in [0.15, 0.2) is 78.9 Å². The van der Waals surface area contributed by atoms with Gasteiger partial charge in [-0.25, -0.2) is 9.69 Å². The summed E-state index contributed by atoms with van der Waals surface area (Å²) in [5.74, 6) is -2.15. The Morgan fingerprint density at radius 2 is 1.56 bits per heavy atom. The van der Waals surface area contributed by atoms with Crippen molar-refractivity contribution in [3.8, 4) is 0 Å². The molecule has 2 aliphatic rings. The minimum atomic E-state index is -1.57. The number of carbonyl (C=O) groups is 4. The zero-order chi connectivity index (χ0) is 28.2. The molecule has 39 heavy (non-hydrogen) atoms. The highest BCUT2D eigenvalue weighted by Gasteiger charge is 2.66. The number of hydrogen-bond acceptors (Lipinski definition) is 5. The standard InChI is InChI=1S/C32H30ClNO5/c1-30(2,3)39-29(38)34-25-13-9-8-12-23(25)32(28(34)37,21-10-6-5-7-11-21)24-18-26(35)31(4,27(24)36)19-20-14-16-22(33)17-15-20/h5-17,24H,18-19H2,1-4H3/t24-,31-,32-/m1/s1. The Morgan fingerprint density at radius 1 is 0.949 bits per heavy atom. The second-order valence-electron chi connectivity index (χ2n) is 11.5. The van der Waals surface area contributed by atoms with E-state index in [0.29, 0.717) is 21.8 Å². The number of nitrogens with zero attached hydrogens (tertiary/aromatic N) is 1. The van der Waals surface area contributed by atoms with Crippen LogP contribution in [0.2, 0.25) is 5.02 Å². The summed E-state index contributed by atoms with van der Waals surface area (Å²) >= 11 is 6.05. The summed E-state index contributed by atoms with van der Waals surface area (Å²) in [5, 5.41) is 0.560. The van der Waals surface area contributed by atoms with E-state index in [0.717, 1.165) is 10.5 Å². The van der Waals surface area contributed by atoms with Crippen molar-refractivity contribution in [2.45, 2.75) is 51.6 Å². The summed E-state index contributed by atoms with van der Waals surface area (Å²) in [4.78, 5) is 57.1. The molecule has 1 aliphatic carbocycles. The Morgan fingerprint density at radius 3 is 2.21 bits per heavy atom. The SMILES string of the molecule is CC(C)(C)OC(=O)N1C(=O)[C@@](c2ccccc2)([C@@H]2CC(=O)[C@@](C)(Cc3ccc(Cl)cc3)C2=O)c2ccccc21. The third-order valence-corrected chi connectivity index (χ3v) is 8.03. The molecule has 1 aliphatic heterocycles. The Hall–Kier alpha value is -3.77. The molecule has 0 bridgehead atoms. The largest absolute Gasteiger partial charge is 0.443 e. The first-order valence-electron chi connectivity index (χ1n) is 12.9. The van der Waals surface area contributed by atoms with Crippen molar-refractivity contribution < 1.29 is 23.9 Å². The average Bonchev–Trinajstić information content (AvgIpc) is 3.28. The molecule has 3 atom stereocenters. The van der Waals surface area contributed by atoms with Crippen LogP contribution in [0.5, 0.6) is 0 Å². The van der Waals surface area contributed by atoms with Gasteiger partial charge in [0.15, 0.2) is 5.78 Å². The van der Waals surface area contributed by atoms with Gasteiger partial charge >= 0.3 is 6.09 Å². The summed E-state index contributed by atoms with van der Waals surface area (Å²) in [7, 11) is 0. The van der Waals surface area contributed by atoms with Crippen molar-refractivity contribution in [3.05, 3.63) is 101 Å². The molecule has 1 fully saturated rings. The number of amides is 2. The van der Waals surface area contributed by atoms with Crippen LogP contribution in [0, 0.1) is 11.3 Å². The number of fused-ring (bicyclic) bond motifs is 1. The fourth-order valence-electron chi connectivity index (χ4n) is 5.98. The smallest absolute Gasteiger partial charge is 0.421 e. The van der Waals surface area contributed by atoms with Crippen LogP contribution >= 0.6 is 11.6 Å². The molecule has 6 nitrogen and oxygen atoms in total. The van der Waals surface area contributed by atoms with E-state index in [9.17, 15) is 19.2 Å². The Labute approximate surface area is 232 Å². The van der Waals surface area contributed by atoms with E-state index in [4.69, 9.17) is 16.3 Å². The maximum atomic E-state index is 14.6. The number of carbonyl (C=O) groups excluding carboxylic acids is 4. The third kappa shape index (κ3) is 4.27. The van der Waals surface area contributed by atoms with Crippen LogP contribution in [0.3, 0.4) is 0 Å². The van der Waals surface area contributed by atoms with Crippen molar-refractivity contribution in [3.63, 3.8) is 0 Å². The zero-order valence-electron chi connectivity index (χ0n) is 22.4. The lowest BCUT2D eigenvalue weighted by atomic mass is 9.64. The topological polar surface area (TPSA) is 80.8 Å². The lowest BCUT2D eigenvalue weighted by molar-refractivity contribution is -0.137. The lowest BCUT2D eigenvalue weighted by Crippen LogP contribution is -2.51. The van der Waals surface area contributed by atoms with Crippen molar-refractivity contribution >= 4 is 40.9 Å². The van der Waals surface area contributed by atoms with Crippen molar-refractivity contribution in [1.29, 1.82) is 0 Å². The molecule has 1 saturated carbocycles. The Kier molecular flexibility index (Phi) is 6.50. The van der Waals surface area contributed by atoms with Gasteiger partial charge in [0, 0.05) is 17.4 Å². The molecule has 200 valence electrons. The highest BCUT2D eigenvalue weighted by molar-refractivity contribution is 6.30. The zero-order valence-corrected chi connectivity index (χ0v) is 23.1. The predicted molar refractivity (Wildman–Crippen MR) is 149 cm³/mol. The highest BCUT2D eigenvalue weighted by Crippen LogP contribution is 2.56. The van der Waals surface area contributed by atoms with Gasteiger partial charge in [-0.05, 0) is 69.0 Å². The predicted octanol–water partition coefficient (Wildman–Crippen LogP) is 6.31. The fraction of sp³-hybridized carbons (Fsp3) is 0.312. The normalized spacial score (nSPS) is 24.7. The second kappa shape index (κ2) is 9.45. The van der Waals surface area contributed by atoms with Crippen LogP contribution in [0.4, 0.5) is 10.5 Å². The molecule has 0 saturated heterocycles. The number of ether oxygens (including phenoxy) is 1. The quantitative estimate of drug-likeness (QED) is 0.360. The van der Waals surface area contributed by atoms with E-state index >= 15 is 0 Å². The summed E-state index contributed by atoms with van der Waals surface area (Å²) < 4.78 is 5.62. The molecule has 0 aromatic heterocycles. The molecule has 0 unspecified atom stereocenters. The van der Waals surface area contributed by atoms with E-state index in [2.05, 4.69) is 0 Å². The maximum Gasteiger partial charge on any atom is 0.421 e. The van der Waals surface area contributed by atoms with Crippen LogP contribution in [-0.4, -0.2) is 29.2 Å². The van der Waals surface area contributed by atoms with Crippen LogP contribution in [-0.2, 0) is 31.0 Å². The molecule has 3 aromatic rings. The van der Waals surface area contributed by atoms with E-state index in [1.807, 2.05) is 6.07 Å². The van der Waals surface area contributed by atoms with Crippen molar-refractivity contribution in [2.24, 2.45) is 11.3 Å². The van der Waals surface area contributed by atoms with Gasteiger partial charge in [-0.2, -0.15) is 0 Å². The van der Waals surface area contributed by atoms with Gasteiger partial charge in [-0.3, -0.25) is 14.4 Å². The van der Waals surface area contributed by atoms with Crippen molar-refractivity contribution in [2.75, 3.05) is 4.90 Å². The molecular weight excluding hydrogens is 514 g/mol. The lowest BCUT2D eigenvalue weighted by Gasteiger charge is -2.35. The first kappa shape index (κ1) is 26.8. The molecule has 0 radical (unpaired) electrons. The van der Waals surface area contributed by atoms with Gasteiger partial charge in [-0.1, -0.05) is 72.3 Å². The highest BCUT2D eigenvalue weighted by atomic mass is 35.5. The van der Waals surface area contributed by atoms with Crippen molar-refractivity contribution in [1.82, 2.24) is 0 Å². The number of Topliss-reactive ketones (excluding diaryl/α,β-unsaturated/α-hetero) is 2. The number of rotatable bonds is 4. The van der Waals surface area contributed by atoms with E-state index in [1.54, 1.807) is 100 Å². The number of hydrogen-bond donors (Lipinski definition) is 0. The minimum Gasteiger partial charge on any atom is -0.443 e.